The topological polar surface area (TPSA) is 47.4 Å². The Balaban J connectivity index is 1.61. The van der Waals surface area contributed by atoms with Gasteiger partial charge in [-0.25, -0.2) is 4.39 Å². The summed E-state index contributed by atoms with van der Waals surface area (Å²) >= 11 is 0. The maximum absolute atomic E-state index is 13.7. The fourth-order valence-corrected chi connectivity index (χ4v) is 3.42. The van der Waals surface area contributed by atoms with Crippen LogP contribution in [0.2, 0.25) is 0 Å². The minimum Gasteiger partial charge on any atom is -0.490 e. The lowest BCUT2D eigenvalue weighted by Gasteiger charge is -2.32. The SMILES string of the molecule is CCCc1cc(C(=O)N2CCC[C@H](COc3ccccc3F)C2)n(C)n1. The van der Waals surface area contributed by atoms with Crippen LogP contribution in [-0.4, -0.2) is 40.3 Å². The minimum absolute atomic E-state index is 0.0120. The highest BCUT2D eigenvalue weighted by molar-refractivity contribution is 5.92. The van der Waals surface area contributed by atoms with Crippen molar-refractivity contribution in [2.75, 3.05) is 19.7 Å². The average Bonchev–Trinajstić information content (AvgIpc) is 3.01. The maximum Gasteiger partial charge on any atom is 0.272 e. The molecule has 1 aliphatic rings. The first-order valence-electron chi connectivity index (χ1n) is 9.28. The van der Waals surface area contributed by atoms with Crippen LogP contribution in [0.5, 0.6) is 5.75 Å². The zero-order valence-electron chi connectivity index (χ0n) is 15.4. The van der Waals surface area contributed by atoms with Gasteiger partial charge in [-0.05, 0) is 37.5 Å². The van der Waals surface area contributed by atoms with Gasteiger partial charge in [0.1, 0.15) is 5.69 Å². The van der Waals surface area contributed by atoms with Crippen LogP contribution in [0.3, 0.4) is 0 Å². The third kappa shape index (κ3) is 4.23. The fourth-order valence-electron chi connectivity index (χ4n) is 3.42. The first kappa shape index (κ1) is 18.4. The largest absolute Gasteiger partial charge is 0.490 e. The monoisotopic (exact) mass is 359 g/mol. The Bertz CT molecular complexity index is 759. The van der Waals surface area contributed by atoms with Crippen LogP contribution in [0, 0.1) is 11.7 Å². The molecule has 26 heavy (non-hydrogen) atoms. The summed E-state index contributed by atoms with van der Waals surface area (Å²) in [6.07, 6.45) is 3.78. The summed E-state index contributed by atoms with van der Waals surface area (Å²) < 4.78 is 21.0. The Morgan fingerprint density at radius 2 is 2.19 bits per heavy atom. The number of aryl methyl sites for hydroxylation is 2. The standard InChI is InChI=1S/C20H26FN3O2/c1-3-7-16-12-18(23(2)22-16)20(25)24-11-6-8-15(13-24)14-26-19-10-5-4-9-17(19)21/h4-5,9-10,12,15H,3,6-8,11,13-14H2,1-2H3/t15-/m0/s1. The molecule has 0 spiro atoms. The minimum atomic E-state index is -0.352. The van der Waals surface area contributed by atoms with Gasteiger partial charge < -0.3 is 9.64 Å². The van der Waals surface area contributed by atoms with E-state index in [4.69, 9.17) is 4.74 Å². The van der Waals surface area contributed by atoms with Gasteiger partial charge in [-0.1, -0.05) is 25.5 Å². The normalized spacial score (nSPS) is 17.3. The molecule has 1 amide bonds. The smallest absolute Gasteiger partial charge is 0.272 e. The van der Waals surface area contributed by atoms with Crippen molar-refractivity contribution in [3.63, 3.8) is 0 Å². The van der Waals surface area contributed by atoms with Gasteiger partial charge in [0.05, 0.1) is 12.3 Å². The van der Waals surface area contributed by atoms with Gasteiger partial charge in [-0.3, -0.25) is 9.48 Å². The number of benzene rings is 1. The fraction of sp³-hybridized carbons (Fsp3) is 0.500. The van der Waals surface area contributed by atoms with Crippen LogP contribution in [0.25, 0.3) is 0 Å². The molecule has 2 heterocycles. The van der Waals surface area contributed by atoms with Gasteiger partial charge >= 0.3 is 0 Å². The lowest BCUT2D eigenvalue weighted by Crippen LogP contribution is -2.42. The van der Waals surface area contributed by atoms with Crippen LogP contribution >= 0.6 is 0 Å². The summed E-state index contributed by atoms with van der Waals surface area (Å²) in [7, 11) is 1.81. The van der Waals surface area contributed by atoms with Crippen LogP contribution in [0.4, 0.5) is 4.39 Å². The number of aromatic nitrogens is 2. The highest BCUT2D eigenvalue weighted by Gasteiger charge is 2.27. The Morgan fingerprint density at radius 3 is 2.96 bits per heavy atom. The number of piperidine rings is 1. The summed E-state index contributed by atoms with van der Waals surface area (Å²) in [5.41, 5.74) is 1.58. The molecule has 0 aliphatic carbocycles. The van der Waals surface area contributed by atoms with E-state index in [1.807, 2.05) is 18.0 Å². The number of ether oxygens (including phenoxy) is 1. The molecule has 0 saturated carbocycles. The van der Waals surface area contributed by atoms with Crippen molar-refractivity contribution in [2.24, 2.45) is 13.0 Å². The Morgan fingerprint density at radius 1 is 1.38 bits per heavy atom. The molecule has 6 heteroatoms. The van der Waals surface area contributed by atoms with Crippen molar-refractivity contribution in [1.82, 2.24) is 14.7 Å². The molecule has 0 radical (unpaired) electrons. The van der Waals surface area contributed by atoms with Crippen molar-refractivity contribution in [3.05, 3.63) is 47.5 Å². The molecule has 1 saturated heterocycles. The first-order valence-corrected chi connectivity index (χ1v) is 9.28. The van der Waals surface area contributed by atoms with Crippen molar-refractivity contribution < 1.29 is 13.9 Å². The van der Waals surface area contributed by atoms with E-state index >= 15 is 0 Å². The second-order valence-electron chi connectivity index (χ2n) is 6.90. The second kappa shape index (κ2) is 8.34. The van der Waals surface area contributed by atoms with Gasteiger partial charge in [0.25, 0.3) is 5.91 Å². The maximum atomic E-state index is 13.7. The van der Waals surface area contributed by atoms with E-state index in [1.54, 1.807) is 22.9 Å². The Hall–Kier alpha value is -2.37. The molecule has 0 unspecified atom stereocenters. The number of rotatable bonds is 6. The summed E-state index contributed by atoms with van der Waals surface area (Å²) in [5, 5.41) is 4.42. The predicted octanol–water partition coefficient (Wildman–Crippen LogP) is 3.44. The molecule has 2 aromatic rings. The van der Waals surface area contributed by atoms with Crippen molar-refractivity contribution in [1.29, 1.82) is 0 Å². The van der Waals surface area contributed by atoms with Crippen LogP contribution in [0.1, 0.15) is 42.4 Å². The van der Waals surface area contributed by atoms with Crippen LogP contribution in [-0.2, 0) is 13.5 Å². The van der Waals surface area contributed by atoms with Crippen molar-refractivity contribution in [2.45, 2.75) is 32.6 Å². The molecule has 1 aliphatic heterocycles. The summed E-state index contributed by atoms with van der Waals surface area (Å²) in [6.45, 7) is 3.88. The Kier molecular flexibility index (Phi) is 5.91. The van der Waals surface area contributed by atoms with Crippen molar-refractivity contribution >= 4 is 5.91 Å². The molecule has 5 nitrogen and oxygen atoms in total. The van der Waals surface area contributed by atoms with E-state index in [0.717, 1.165) is 37.9 Å². The van der Waals surface area contributed by atoms with E-state index in [-0.39, 0.29) is 23.4 Å². The predicted molar refractivity (Wildman–Crippen MR) is 97.7 cm³/mol. The molecule has 1 aromatic carbocycles. The van der Waals surface area contributed by atoms with Crippen LogP contribution in [0.15, 0.2) is 30.3 Å². The van der Waals surface area contributed by atoms with Gasteiger partial charge in [0.15, 0.2) is 11.6 Å². The highest BCUT2D eigenvalue weighted by Crippen LogP contribution is 2.22. The van der Waals surface area contributed by atoms with Gasteiger partial charge in [0.2, 0.25) is 0 Å². The summed E-state index contributed by atoms with van der Waals surface area (Å²) in [4.78, 5) is 14.7. The van der Waals surface area contributed by atoms with E-state index in [0.29, 0.717) is 18.8 Å². The van der Waals surface area contributed by atoms with Gasteiger partial charge in [-0.15, -0.1) is 0 Å². The number of para-hydroxylation sites is 1. The number of likely N-dealkylation sites (tertiary alicyclic amines) is 1. The number of halogens is 1. The quantitative estimate of drug-likeness (QED) is 0.794. The molecular formula is C20H26FN3O2. The van der Waals surface area contributed by atoms with E-state index in [1.165, 1.54) is 6.07 Å². The summed E-state index contributed by atoms with van der Waals surface area (Å²) in [5.74, 6) is 0.134. The number of hydrogen-bond donors (Lipinski definition) is 0. The number of carbonyl (C=O) groups excluding carboxylic acids is 1. The van der Waals surface area contributed by atoms with E-state index in [2.05, 4.69) is 12.0 Å². The highest BCUT2D eigenvalue weighted by atomic mass is 19.1. The van der Waals surface area contributed by atoms with E-state index < -0.39 is 0 Å². The molecule has 1 fully saturated rings. The summed E-state index contributed by atoms with van der Waals surface area (Å²) in [6, 6.07) is 8.31. The lowest BCUT2D eigenvalue weighted by atomic mass is 9.98. The molecule has 140 valence electrons. The molecule has 0 N–H and O–H groups in total. The third-order valence-electron chi connectivity index (χ3n) is 4.77. The molecule has 1 atom stereocenters. The first-order chi connectivity index (χ1) is 12.6. The molecule has 1 aromatic heterocycles. The lowest BCUT2D eigenvalue weighted by molar-refractivity contribution is 0.0620. The van der Waals surface area contributed by atoms with Gasteiger partial charge in [-0.2, -0.15) is 5.10 Å². The molecule has 3 rings (SSSR count). The van der Waals surface area contributed by atoms with E-state index in [9.17, 15) is 9.18 Å². The van der Waals surface area contributed by atoms with Crippen molar-refractivity contribution in [3.8, 4) is 5.75 Å². The second-order valence-corrected chi connectivity index (χ2v) is 6.90. The zero-order valence-corrected chi connectivity index (χ0v) is 15.4. The molecule has 0 bridgehead atoms. The average molecular weight is 359 g/mol. The number of amides is 1. The zero-order chi connectivity index (χ0) is 18.5. The number of carbonyl (C=O) groups is 1. The molecular weight excluding hydrogens is 333 g/mol. The Labute approximate surface area is 153 Å². The number of nitrogens with zero attached hydrogens (tertiary/aromatic N) is 3. The number of hydrogen-bond acceptors (Lipinski definition) is 3. The van der Waals surface area contributed by atoms with Gasteiger partial charge in [0, 0.05) is 26.1 Å². The van der Waals surface area contributed by atoms with Crippen LogP contribution < -0.4 is 4.74 Å². The third-order valence-corrected chi connectivity index (χ3v) is 4.77.